The molecular formula is C21H20ClF4N3O2. The number of aromatic nitrogens is 1. The van der Waals surface area contributed by atoms with E-state index in [2.05, 4.69) is 4.98 Å². The van der Waals surface area contributed by atoms with Gasteiger partial charge in [-0.15, -0.1) is 0 Å². The maximum Gasteiger partial charge on any atom is 0.417 e. The average molecular weight is 458 g/mol. The summed E-state index contributed by atoms with van der Waals surface area (Å²) in [5.41, 5.74) is -0.924. The zero-order valence-electron chi connectivity index (χ0n) is 16.8. The van der Waals surface area contributed by atoms with Gasteiger partial charge >= 0.3 is 12.2 Å². The van der Waals surface area contributed by atoms with E-state index in [0.717, 1.165) is 4.90 Å². The van der Waals surface area contributed by atoms with Crippen LogP contribution in [0.25, 0.3) is 0 Å². The highest BCUT2D eigenvalue weighted by Crippen LogP contribution is 2.33. The summed E-state index contributed by atoms with van der Waals surface area (Å²) in [6, 6.07) is 5.46. The summed E-state index contributed by atoms with van der Waals surface area (Å²) in [5, 5.41) is 0.370. The fraction of sp³-hybridized carbons (Fsp3) is 0.381. The van der Waals surface area contributed by atoms with Crippen molar-refractivity contribution in [1.29, 1.82) is 0 Å². The molecule has 5 nitrogen and oxygen atoms in total. The van der Waals surface area contributed by atoms with E-state index in [-0.39, 0.29) is 24.8 Å². The molecule has 1 aliphatic heterocycles. The van der Waals surface area contributed by atoms with Crippen LogP contribution in [0.5, 0.6) is 0 Å². The van der Waals surface area contributed by atoms with Crippen molar-refractivity contribution in [2.45, 2.75) is 32.5 Å². The van der Waals surface area contributed by atoms with Gasteiger partial charge in [0.1, 0.15) is 0 Å². The summed E-state index contributed by atoms with van der Waals surface area (Å²) in [6.07, 6.45) is -3.59. The minimum absolute atomic E-state index is 0.00590. The Bertz CT molecular complexity index is 999. The van der Waals surface area contributed by atoms with E-state index in [4.69, 9.17) is 11.6 Å². The molecule has 1 aliphatic rings. The molecule has 10 heteroatoms. The Balaban J connectivity index is 1.90. The number of pyridine rings is 1. The van der Waals surface area contributed by atoms with Gasteiger partial charge in [-0.25, -0.2) is 14.2 Å². The Morgan fingerprint density at radius 1 is 1.32 bits per heavy atom. The Morgan fingerprint density at radius 2 is 2.03 bits per heavy atom. The van der Waals surface area contributed by atoms with Crippen LogP contribution in [0.3, 0.4) is 0 Å². The predicted molar refractivity (Wildman–Crippen MR) is 108 cm³/mol. The molecule has 1 aromatic carbocycles. The first kappa shape index (κ1) is 23.0. The quantitative estimate of drug-likeness (QED) is 0.429. The number of carbonyl (C=O) groups is 2. The van der Waals surface area contributed by atoms with E-state index in [1.54, 1.807) is 18.2 Å². The number of rotatable bonds is 6. The fourth-order valence-electron chi connectivity index (χ4n) is 3.47. The second kappa shape index (κ2) is 8.82. The number of ketones is 1. The van der Waals surface area contributed by atoms with Gasteiger partial charge in [-0.2, -0.15) is 13.2 Å². The van der Waals surface area contributed by atoms with Crippen LogP contribution in [0.1, 0.15) is 36.2 Å². The van der Waals surface area contributed by atoms with Crippen LogP contribution < -0.4 is 4.90 Å². The average Bonchev–Trinajstić information content (AvgIpc) is 3.02. The maximum atomic E-state index is 14.5. The highest BCUT2D eigenvalue weighted by molar-refractivity contribution is 6.31. The number of anilines is 1. The van der Waals surface area contributed by atoms with Gasteiger partial charge < -0.3 is 4.90 Å². The third-order valence-corrected chi connectivity index (χ3v) is 5.65. The Kier molecular flexibility index (Phi) is 6.54. The number of nitrogens with zero attached hydrogens (tertiary/aromatic N) is 3. The van der Waals surface area contributed by atoms with Crippen molar-refractivity contribution in [1.82, 2.24) is 9.88 Å². The molecule has 0 spiro atoms. The van der Waals surface area contributed by atoms with Gasteiger partial charge in [0, 0.05) is 16.8 Å². The van der Waals surface area contributed by atoms with Crippen LogP contribution in [0, 0.1) is 11.7 Å². The first-order valence-corrected chi connectivity index (χ1v) is 10.00. The van der Waals surface area contributed by atoms with E-state index in [9.17, 15) is 27.2 Å². The van der Waals surface area contributed by atoms with Gasteiger partial charge in [-0.05, 0) is 24.1 Å². The van der Waals surface area contributed by atoms with E-state index < -0.39 is 35.4 Å². The number of Topliss-reactive ketones (excluding diaryl/α,β-unsaturated/α-hetero) is 1. The maximum absolute atomic E-state index is 14.5. The molecule has 166 valence electrons. The van der Waals surface area contributed by atoms with Crippen molar-refractivity contribution >= 4 is 29.2 Å². The number of carbonyl (C=O) groups excluding carboxylic acids is 2. The van der Waals surface area contributed by atoms with Crippen LogP contribution in [-0.4, -0.2) is 40.8 Å². The van der Waals surface area contributed by atoms with E-state index in [1.807, 2.05) is 13.8 Å². The van der Waals surface area contributed by atoms with Crippen LogP contribution in [-0.2, 0) is 6.18 Å². The standard InChI is InChI=1S/C21H20ClF4N3O2/c1-3-12(2)17-10-29(19-16(23)8-14(9-27-19)21(24,25)26)20(31)28(17)11-18(30)13-5-4-6-15(22)7-13/h4-9,12,17H,3,10-11H2,1-2H3/t12?,17-/m1/s1. The molecule has 2 heterocycles. The monoisotopic (exact) mass is 457 g/mol. The van der Waals surface area contributed by atoms with Crippen molar-refractivity contribution in [3.8, 4) is 0 Å². The molecule has 2 atom stereocenters. The minimum atomic E-state index is -4.75. The third kappa shape index (κ3) is 4.81. The van der Waals surface area contributed by atoms with E-state index in [1.165, 1.54) is 11.0 Å². The molecule has 3 rings (SSSR count). The number of amides is 2. The number of hydrogen-bond acceptors (Lipinski definition) is 3. The summed E-state index contributed by atoms with van der Waals surface area (Å²) >= 11 is 5.93. The summed E-state index contributed by atoms with van der Waals surface area (Å²) in [4.78, 5) is 31.6. The van der Waals surface area contributed by atoms with Gasteiger partial charge in [0.15, 0.2) is 17.4 Å². The summed E-state index contributed by atoms with van der Waals surface area (Å²) in [5.74, 6) is -2.15. The summed E-state index contributed by atoms with van der Waals surface area (Å²) in [6.45, 7) is 3.53. The molecule has 2 amide bonds. The molecule has 0 radical (unpaired) electrons. The van der Waals surface area contributed by atoms with Crippen LogP contribution in [0.4, 0.5) is 28.2 Å². The lowest BCUT2D eigenvalue weighted by atomic mass is 9.98. The van der Waals surface area contributed by atoms with Crippen molar-refractivity contribution in [2.24, 2.45) is 5.92 Å². The highest BCUT2D eigenvalue weighted by Gasteiger charge is 2.43. The van der Waals surface area contributed by atoms with E-state index >= 15 is 0 Å². The van der Waals surface area contributed by atoms with Gasteiger partial charge in [0.2, 0.25) is 0 Å². The van der Waals surface area contributed by atoms with Gasteiger partial charge in [-0.1, -0.05) is 44.0 Å². The predicted octanol–water partition coefficient (Wildman–Crippen LogP) is 5.43. The van der Waals surface area contributed by atoms with Crippen molar-refractivity contribution in [3.63, 3.8) is 0 Å². The van der Waals surface area contributed by atoms with Crippen LogP contribution in [0.2, 0.25) is 5.02 Å². The second-order valence-electron chi connectivity index (χ2n) is 7.43. The molecule has 1 aromatic heterocycles. The lowest BCUT2D eigenvalue weighted by Gasteiger charge is -2.26. The molecule has 1 saturated heterocycles. The SMILES string of the molecule is CCC(C)[C@H]1CN(c2ncc(C(F)(F)F)cc2F)C(=O)N1CC(=O)c1cccc(Cl)c1. The first-order valence-electron chi connectivity index (χ1n) is 9.62. The largest absolute Gasteiger partial charge is 0.417 e. The van der Waals surface area contributed by atoms with Crippen molar-refractivity contribution in [2.75, 3.05) is 18.0 Å². The lowest BCUT2D eigenvalue weighted by molar-refractivity contribution is -0.138. The Labute approximate surface area is 181 Å². The smallest absolute Gasteiger partial charge is 0.312 e. The molecular weight excluding hydrogens is 438 g/mol. The highest BCUT2D eigenvalue weighted by atomic mass is 35.5. The van der Waals surface area contributed by atoms with Crippen molar-refractivity contribution < 1.29 is 27.2 Å². The first-order chi connectivity index (χ1) is 14.5. The molecule has 31 heavy (non-hydrogen) atoms. The van der Waals surface area contributed by atoms with Crippen LogP contribution in [0.15, 0.2) is 36.5 Å². The van der Waals surface area contributed by atoms with E-state index in [0.29, 0.717) is 29.3 Å². The zero-order valence-corrected chi connectivity index (χ0v) is 17.5. The second-order valence-corrected chi connectivity index (χ2v) is 7.87. The number of hydrogen-bond donors (Lipinski definition) is 0. The van der Waals surface area contributed by atoms with Crippen molar-refractivity contribution in [3.05, 3.63) is 58.5 Å². The molecule has 0 bridgehead atoms. The normalized spacial score (nSPS) is 17.9. The fourth-order valence-corrected chi connectivity index (χ4v) is 3.66. The lowest BCUT2D eigenvalue weighted by Crippen LogP contribution is -2.41. The molecule has 2 aromatic rings. The topological polar surface area (TPSA) is 53.5 Å². The molecule has 0 N–H and O–H groups in total. The van der Waals surface area contributed by atoms with Gasteiger partial charge in [0.05, 0.1) is 24.7 Å². The number of halogens is 5. The molecule has 0 aliphatic carbocycles. The Morgan fingerprint density at radius 3 is 2.61 bits per heavy atom. The number of benzene rings is 1. The number of alkyl halides is 3. The van der Waals surface area contributed by atoms with Gasteiger partial charge in [-0.3, -0.25) is 9.69 Å². The summed E-state index contributed by atoms with van der Waals surface area (Å²) < 4.78 is 52.9. The Hall–Kier alpha value is -2.68. The summed E-state index contributed by atoms with van der Waals surface area (Å²) in [7, 11) is 0. The van der Waals surface area contributed by atoms with Crippen LogP contribution >= 0.6 is 11.6 Å². The minimum Gasteiger partial charge on any atom is -0.312 e. The molecule has 0 saturated carbocycles. The van der Waals surface area contributed by atoms with Gasteiger partial charge in [0.25, 0.3) is 0 Å². The molecule has 1 unspecified atom stereocenters. The molecule has 1 fully saturated rings. The number of urea groups is 1. The third-order valence-electron chi connectivity index (χ3n) is 5.41. The zero-order chi connectivity index (χ0) is 22.9.